The minimum atomic E-state index is -0.486. The first-order chi connectivity index (χ1) is 7.65. The summed E-state index contributed by atoms with van der Waals surface area (Å²) in [6, 6.07) is 3.42. The lowest BCUT2D eigenvalue weighted by atomic mass is 10.4. The number of carbonyl (C=O) groups is 1. The van der Waals surface area contributed by atoms with Crippen LogP contribution >= 0.6 is 22.9 Å². The van der Waals surface area contributed by atoms with Gasteiger partial charge in [-0.3, -0.25) is 4.79 Å². The van der Waals surface area contributed by atoms with E-state index in [9.17, 15) is 4.79 Å². The zero-order valence-electron chi connectivity index (χ0n) is 7.98. The van der Waals surface area contributed by atoms with Gasteiger partial charge in [-0.2, -0.15) is 0 Å². The zero-order valence-corrected chi connectivity index (χ0v) is 9.55. The Labute approximate surface area is 100 Å². The van der Waals surface area contributed by atoms with Crippen molar-refractivity contribution >= 4 is 39.7 Å². The first-order valence-electron chi connectivity index (χ1n) is 4.29. The number of hydrogen-bond donors (Lipinski definition) is 2. The van der Waals surface area contributed by atoms with Gasteiger partial charge >= 0.3 is 0 Å². The number of aromatic nitrogens is 2. The van der Waals surface area contributed by atoms with Crippen molar-refractivity contribution in [2.75, 3.05) is 5.32 Å². The van der Waals surface area contributed by atoms with Crippen molar-refractivity contribution < 1.29 is 4.79 Å². The van der Waals surface area contributed by atoms with Gasteiger partial charge in [0.1, 0.15) is 10.0 Å². The van der Waals surface area contributed by atoms with Crippen LogP contribution in [0.1, 0.15) is 9.67 Å². The van der Waals surface area contributed by atoms with Crippen LogP contribution in [0.3, 0.4) is 0 Å². The lowest BCUT2D eigenvalue weighted by Gasteiger charge is -2.00. The standard InChI is InChI=1S/C9H7ClN4OS/c10-7-2-1-5(3-12-7)14-9-13-4-6(16-9)8(11)15/h1-4H,(H2,11,15)(H,13,14). The molecule has 0 fully saturated rings. The van der Waals surface area contributed by atoms with Crippen molar-refractivity contribution in [2.24, 2.45) is 5.73 Å². The Hall–Kier alpha value is -1.66. The van der Waals surface area contributed by atoms with E-state index in [4.69, 9.17) is 17.3 Å². The second-order valence-corrected chi connectivity index (χ2v) is 4.31. The molecule has 16 heavy (non-hydrogen) atoms. The fraction of sp³-hybridized carbons (Fsp3) is 0. The van der Waals surface area contributed by atoms with Gasteiger partial charge < -0.3 is 11.1 Å². The number of anilines is 2. The van der Waals surface area contributed by atoms with Gasteiger partial charge in [-0.05, 0) is 12.1 Å². The normalized spacial score (nSPS) is 10.1. The van der Waals surface area contributed by atoms with Gasteiger partial charge in [0, 0.05) is 0 Å². The van der Waals surface area contributed by atoms with Gasteiger partial charge in [0.25, 0.3) is 5.91 Å². The molecule has 0 bridgehead atoms. The summed E-state index contributed by atoms with van der Waals surface area (Å²) >= 11 is 6.83. The third-order valence-corrected chi connectivity index (χ3v) is 2.88. The Morgan fingerprint density at radius 1 is 1.38 bits per heavy atom. The fourth-order valence-electron chi connectivity index (χ4n) is 1.02. The number of nitrogens with two attached hydrogens (primary N) is 1. The maximum absolute atomic E-state index is 10.8. The van der Waals surface area contributed by atoms with Crippen LogP contribution in [0.4, 0.5) is 10.8 Å². The summed E-state index contributed by atoms with van der Waals surface area (Å²) in [4.78, 5) is 19.2. The molecule has 2 rings (SSSR count). The van der Waals surface area contributed by atoms with Crippen LogP contribution in [-0.4, -0.2) is 15.9 Å². The highest BCUT2D eigenvalue weighted by molar-refractivity contribution is 7.17. The number of thiazole rings is 1. The maximum Gasteiger partial charge on any atom is 0.260 e. The van der Waals surface area contributed by atoms with Gasteiger partial charge in [0.05, 0.1) is 18.1 Å². The van der Waals surface area contributed by atoms with Crippen LogP contribution in [0.5, 0.6) is 0 Å². The van der Waals surface area contributed by atoms with E-state index in [-0.39, 0.29) is 0 Å². The Morgan fingerprint density at radius 3 is 2.75 bits per heavy atom. The molecule has 2 aromatic heterocycles. The lowest BCUT2D eigenvalue weighted by molar-refractivity contribution is 0.100. The molecule has 0 aromatic carbocycles. The molecule has 2 heterocycles. The molecule has 3 N–H and O–H groups in total. The van der Waals surface area contributed by atoms with Crippen molar-refractivity contribution in [1.29, 1.82) is 0 Å². The van der Waals surface area contributed by atoms with Gasteiger partial charge in [-0.15, -0.1) is 0 Å². The molecular formula is C9H7ClN4OS. The summed E-state index contributed by atoms with van der Waals surface area (Å²) in [7, 11) is 0. The summed E-state index contributed by atoms with van der Waals surface area (Å²) in [5.41, 5.74) is 5.86. The minimum absolute atomic E-state index is 0.407. The molecular weight excluding hydrogens is 248 g/mol. The summed E-state index contributed by atoms with van der Waals surface area (Å²) in [5.74, 6) is -0.486. The van der Waals surface area contributed by atoms with Gasteiger partial charge in [0.2, 0.25) is 0 Å². The highest BCUT2D eigenvalue weighted by Gasteiger charge is 2.06. The van der Waals surface area contributed by atoms with Crippen molar-refractivity contribution in [2.45, 2.75) is 0 Å². The van der Waals surface area contributed by atoms with Gasteiger partial charge in [-0.1, -0.05) is 22.9 Å². The van der Waals surface area contributed by atoms with E-state index in [1.165, 1.54) is 17.5 Å². The van der Waals surface area contributed by atoms with Gasteiger partial charge in [0.15, 0.2) is 5.13 Å². The molecule has 0 aliphatic rings. The number of primary amides is 1. The van der Waals surface area contributed by atoms with Crippen molar-refractivity contribution in [3.05, 3.63) is 34.6 Å². The van der Waals surface area contributed by atoms with Crippen LogP contribution in [0.2, 0.25) is 5.15 Å². The fourth-order valence-corrected chi connectivity index (χ4v) is 1.82. The Balaban J connectivity index is 2.14. The largest absolute Gasteiger partial charge is 0.365 e. The Morgan fingerprint density at radius 2 is 2.19 bits per heavy atom. The summed E-state index contributed by atoms with van der Waals surface area (Å²) in [6.45, 7) is 0. The molecule has 1 amide bonds. The maximum atomic E-state index is 10.8. The first-order valence-corrected chi connectivity index (χ1v) is 5.49. The number of halogens is 1. The monoisotopic (exact) mass is 254 g/mol. The number of carbonyl (C=O) groups excluding carboxylic acids is 1. The second kappa shape index (κ2) is 4.46. The van der Waals surface area contributed by atoms with Gasteiger partial charge in [-0.25, -0.2) is 9.97 Å². The molecule has 0 unspecified atom stereocenters. The van der Waals surface area contributed by atoms with Crippen molar-refractivity contribution in [1.82, 2.24) is 9.97 Å². The number of rotatable bonds is 3. The number of hydrogen-bond acceptors (Lipinski definition) is 5. The summed E-state index contributed by atoms with van der Waals surface area (Å²) < 4.78 is 0. The van der Waals surface area contributed by atoms with E-state index < -0.39 is 5.91 Å². The van der Waals surface area contributed by atoms with E-state index >= 15 is 0 Å². The SMILES string of the molecule is NC(=O)c1cnc(Nc2ccc(Cl)nc2)s1. The zero-order chi connectivity index (χ0) is 11.5. The predicted molar refractivity (Wildman–Crippen MR) is 63.2 cm³/mol. The van der Waals surface area contributed by atoms with Crippen LogP contribution in [0, 0.1) is 0 Å². The van der Waals surface area contributed by atoms with Crippen LogP contribution < -0.4 is 11.1 Å². The predicted octanol–water partition coefficient (Wildman–Crippen LogP) is 2.03. The van der Waals surface area contributed by atoms with E-state index in [1.807, 2.05) is 0 Å². The molecule has 0 saturated carbocycles. The number of nitrogens with one attached hydrogen (secondary N) is 1. The number of amides is 1. The molecule has 0 spiro atoms. The minimum Gasteiger partial charge on any atom is -0.365 e. The van der Waals surface area contributed by atoms with E-state index in [0.717, 1.165) is 5.69 Å². The van der Waals surface area contributed by atoms with E-state index in [0.29, 0.717) is 15.2 Å². The molecule has 82 valence electrons. The average Bonchev–Trinajstić information content (AvgIpc) is 2.70. The average molecular weight is 255 g/mol. The molecule has 0 radical (unpaired) electrons. The summed E-state index contributed by atoms with van der Waals surface area (Å²) in [6.07, 6.45) is 3.01. The topological polar surface area (TPSA) is 80.9 Å². The van der Waals surface area contributed by atoms with Crippen molar-refractivity contribution in [3.63, 3.8) is 0 Å². The smallest absolute Gasteiger partial charge is 0.260 e. The van der Waals surface area contributed by atoms with E-state index in [2.05, 4.69) is 15.3 Å². The lowest BCUT2D eigenvalue weighted by Crippen LogP contribution is -2.08. The third kappa shape index (κ3) is 2.47. The highest BCUT2D eigenvalue weighted by Crippen LogP contribution is 2.22. The quantitative estimate of drug-likeness (QED) is 0.822. The van der Waals surface area contributed by atoms with E-state index in [1.54, 1.807) is 18.3 Å². The molecule has 5 nitrogen and oxygen atoms in total. The van der Waals surface area contributed by atoms with Crippen molar-refractivity contribution in [3.8, 4) is 0 Å². The molecule has 7 heteroatoms. The van der Waals surface area contributed by atoms with Crippen LogP contribution in [0.15, 0.2) is 24.5 Å². The Kier molecular flexibility index (Phi) is 3.02. The third-order valence-electron chi connectivity index (χ3n) is 1.73. The molecule has 0 aliphatic carbocycles. The molecule has 0 saturated heterocycles. The summed E-state index contributed by atoms with van der Waals surface area (Å²) in [5, 5.41) is 3.99. The molecule has 2 aromatic rings. The van der Waals surface area contributed by atoms with Crippen LogP contribution in [-0.2, 0) is 0 Å². The highest BCUT2D eigenvalue weighted by atomic mass is 35.5. The number of nitrogens with zero attached hydrogens (tertiary/aromatic N) is 2. The number of pyridine rings is 1. The first kappa shape index (κ1) is 10.8. The Bertz CT molecular complexity index is 510. The molecule has 0 aliphatic heterocycles. The molecule has 0 atom stereocenters. The van der Waals surface area contributed by atoms with Crippen LogP contribution in [0.25, 0.3) is 0 Å². The second-order valence-electron chi connectivity index (χ2n) is 2.89.